The van der Waals surface area contributed by atoms with Crippen molar-refractivity contribution in [1.82, 2.24) is 14.9 Å². The summed E-state index contributed by atoms with van der Waals surface area (Å²) in [6, 6.07) is 14.0. The Morgan fingerprint density at radius 1 is 1.27 bits per heavy atom. The third-order valence-electron chi connectivity index (χ3n) is 5.81. The lowest BCUT2D eigenvalue weighted by Gasteiger charge is -2.38. The van der Waals surface area contributed by atoms with Gasteiger partial charge in [0.05, 0.1) is 29.0 Å². The summed E-state index contributed by atoms with van der Waals surface area (Å²) in [4.78, 5) is 22.6. The molecule has 1 fully saturated rings. The van der Waals surface area contributed by atoms with Crippen molar-refractivity contribution in [2.24, 2.45) is 0 Å². The zero-order chi connectivity index (χ0) is 17.7. The molecule has 1 amide bonds. The predicted octanol–water partition coefficient (Wildman–Crippen LogP) is 3.38. The van der Waals surface area contributed by atoms with Gasteiger partial charge in [-0.2, -0.15) is 5.26 Å². The normalized spacial score (nSPS) is 21.3. The van der Waals surface area contributed by atoms with E-state index in [0.717, 1.165) is 36.8 Å². The first-order valence-corrected chi connectivity index (χ1v) is 9.01. The van der Waals surface area contributed by atoms with Crippen molar-refractivity contribution < 1.29 is 4.79 Å². The number of likely N-dealkylation sites (tertiary alicyclic amines) is 1. The summed E-state index contributed by atoms with van der Waals surface area (Å²) in [5.74, 6) is 0.427. The van der Waals surface area contributed by atoms with Crippen LogP contribution in [0.1, 0.15) is 45.8 Å². The molecule has 2 aliphatic rings. The van der Waals surface area contributed by atoms with Crippen molar-refractivity contribution in [3.63, 3.8) is 0 Å². The van der Waals surface area contributed by atoms with E-state index in [4.69, 9.17) is 0 Å². The number of nitrogens with zero attached hydrogens (tertiary/aromatic N) is 3. The highest BCUT2D eigenvalue weighted by atomic mass is 16.2. The number of rotatable bonds is 1. The highest BCUT2D eigenvalue weighted by Gasteiger charge is 2.41. The van der Waals surface area contributed by atoms with Crippen molar-refractivity contribution >= 4 is 16.9 Å². The minimum Gasteiger partial charge on any atom is -0.345 e. The van der Waals surface area contributed by atoms with Crippen LogP contribution in [0, 0.1) is 11.3 Å². The minimum atomic E-state index is 0.0875. The molecule has 2 atom stereocenters. The molecule has 5 rings (SSSR count). The van der Waals surface area contributed by atoms with Crippen molar-refractivity contribution in [2.45, 2.75) is 31.2 Å². The second-order valence-corrected chi connectivity index (χ2v) is 7.18. The molecule has 0 bridgehead atoms. The Balaban J connectivity index is 1.48. The van der Waals surface area contributed by atoms with E-state index in [-0.39, 0.29) is 11.9 Å². The van der Waals surface area contributed by atoms with Gasteiger partial charge in [0.15, 0.2) is 0 Å². The summed E-state index contributed by atoms with van der Waals surface area (Å²) in [7, 11) is 0. The third kappa shape index (κ3) is 2.22. The van der Waals surface area contributed by atoms with Crippen LogP contribution in [0.15, 0.2) is 42.7 Å². The molecule has 1 unspecified atom stereocenters. The molecular formula is C21H18N4O. The number of piperidine rings is 1. The molecule has 0 spiro atoms. The maximum Gasteiger partial charge on any atom is 0.254 e. The molecule has 2 heterocycles. The lowest BCUT2D eigenvalue weighted by atomic mass is 9.88. The summed E-state index contributed by atoms with van der Waals surface area (Å²) in [5, 5.41) is 9.20. The van der Waals surface area contributed by atoms with Gasteiger partial charge >= 0.3 is 0 Å². The first kappa shape index (κ1) is 15.2. The van der Waals surface area contributed by atoms with Crippen LogP contribution in [0.4, 0.5) is 0 Å². The standard InChI is InChI=1S/C21H18N4O/c22-11-13-3-4-14-10-20-16(17(14)8-13)2-1-7-25(20)21(26)15-5-6-18-19(9-15)24-12-23-18/h3-6,8-9,12,16,20H,1-2,7,10H2,(H,23,24)/t16-,20?/m1/s1. The van der Waals surface area contributed by atoms with Crippen LogP contribution in [0.3, 0.4) is 0 Å². The number of carbonyl (C=O) groups excluding carboxylic acids is 1. The molecule has 5 heteroatoms. The van der Waals surface area contributed by atoms with Crippen LogP contribution in [-0.2, 0) is 6.42 Å². The van der Waals surface area contributed by atoms with E-state index in [1.54, 1.807) is 6.33 Å². The highest BCUT2D eigenvalue weighted by molar-refractivity contribution is 5.97. The lowest BCUT2D eigenvalue weighted by molar-refractivity contribution is 0.0595. The number of nitriles is 1. The number of H-pyrrole nitrogens is 1. The first-order chi connectivity index (χ1) is 12.7. The van der Waals surface area contributed by atoms with Gasteiger partial charge in [-0.05, 0) is 60.7 Å². The predicted molar refractivity (Wildman–Crippen MR) is 97.8 cm³/mol. The second kappa shape index (κ2) is 5.70. The van der Waals surface area contributed by atoms with Crippen LogP contribution in [0.25, 0.3) is 11.0 Å². The van der Waals surface area contributed by atoms with E-state index >= 15 is 0 Å². The fourth-order valence-corrected chi connectivity index (χ4v) is 4.58. The number of fused-ring (bicyclic) bond motifs is 4. The van der Waals surface area contributed by atoms with E-state index < -0.39 is 0 Å². The Morgan fingerprint density at radius 3 is 3.08 bits per heavy atom. The topological polar surface area (TPSA) is 72.8 Å². The SMILES string of the molecule is N#Cc1ccc2c(c1)[C@H]1CCCN(C(=O)c3ccc4nc[nH]c4c3)C1C2. The van der Waals surface area contributed by atoms with Gasteiger partial charge in [0, 0.05) is 24.1 Å². The lowest BCUT2D eigenvalue weighted by Crippen LogP contribution is -2.46. The van der Waals surface area contributed by atoms with E-state index in [2.05, 4.69) is 22.1 Å². The first-order valence-electron chi connectivity index (χ1n) is 9.01. The van der Waals surface area contributed by atoms with Crippen LogP contribution < -0.4 is 0 Å². The van der Waals surface area contributed by atoms with Gasteiger partial charge in [0.25, 0.3) is 5.91 Å². The summed E-state index contributed by atoms with van der Waals surface area (Å²) in [5.41, 5.74) is 5.71. The molecule has 128 valence electrons. The van der Waals surface area contributed by atoms with Gasteiger partial charge in [-0.15, -0.1) is 0 Å². The number of amides is 1. The molecule has 1 aromatic heterocycles. The number of hydrogen-bond donors (Lipinski definition) is 1. The van der Waals surface area contributed by atoms with Crippen molar-refractivity contribution in [1.29, 1.82) is 5.26 Å². The summed E-state index contributed by atoms with van der Waals surface area (Å²) in [6.07, 6.45) is 4.60. The van der Waals surface area contributed by atoms with Gasteiger partial charge in [-0.3, -0.25) is 4.79 Å². The molecule has 0 saturated carbocycles. The van der Waals surface area contributed by atoms with E-state index in [9.17, 15) is 10.1 Å². The number of benzene rings is 2. The zero-order valence-corrected chi connectivity index (χ0v) is 14.3. The van der Waals surface area contributed by atoms with Crippen molar-refractivity contribution in [3.8, 4) is 6.07 Å². The average molecular weight is 342 g/mol. The largest absolute Gasteiger partial charge is 0.345 e. The van der Waals surface area contributed by atoms with Gasteiger partial charge < -0.3 is 9.88 Å². The summed E-state index contributed by atoms with van der Waals surface area (Å²) in [6.45, 7) is 0.792. The van der Waals surface area contributed by atoms with E-state index in [0.29, 0.717) is 17.0 Å². The van der Waals surface area contributed by atoms with Crippen LogP contribution in [0.2, 0.25) is 0 Å². The molecule has 1 aliphatic heterocycles. The Hall–Kier alpha value is -3.13. The summed E-state index contributed by atoms with van der Waals surface area (Å²) < 4.78 is 0. The molecule has 1 saturated heterocycles. The number of aromatic amines is 1. The Bertz CT molecular complexity index is 1060. The fraction of sp³-hybridized carbons (Fsp3) is 0.286. The van der Waals surface area contributed by atoms with Crippen molar-refractivity contribution in [2.75, 3.05) is 6.54 Å². The highest BCUT2D eigenvalue weighted by Crippen LogP contribution is 2.42. The Labute approximate surface area is 151 Å². The van der Waals surface area contributed by atoms with Gasteiger partial charge in [-0.25, -0.2) is 4.98 Å². The molecule has 2 aromatic carbocycles. The molecule has 1 N–H and O–H groups in total. The maximum atomic E-state index is 13.2. The second-order valence-electron chi connectivity index (χ2n) is 7.18. The molecule has 5 nitrogen and oxygen atoms in total. The van der Waals surface area contributed by atoms with E-state index in [1.807, 2.05) is 35.2 Å². The Morgan fingerprint density at radius 2 is 2.19 bits per heavy atom. The van der Waals surface area contributed by atoms with Gasteiger partial charge in [0.2, 0.25) is 0 Å². The molecule has 26 heavy (non-hydrogen) atoms. The van der Waals surface area contributed by atoms with Crippen LogP contribution >= 0.6 is 0 Å². The smallest absolute Gasteiger partial charge is 0.254 e. The number of aromatic nitrogens is 2. The summed E-state index contributed by atoms with van der Waals surface area (Å²) >= 11 is 0. The van der Waals surface area contributed by atoms with Crippen LogP contribution in [-0.4, -0.2) is 33.4 Å². The quantitative estimate of drug-likeness (QED) is 0.737. The molecule has 0 radical (unpaired) electrons. The minimum absolute atomic E-state index is 0.0875. The number of nitrogens with one attached hydrogen (secondary N) is 1. The Kier molecular flexibility index (Phi) is 3.32. The number of hydrogen-bond acceptors (Lipinski definition) is 3. The maximum absolute atomic E-state index is 13.2. The monoisotopic (exact) mass is 342 g/mol. The fourth-order valence-electron chi connectivity index (χ4n) is 4.58. The molecular weight excluding hydrogens is 324 g/mol. The van der Waals surface area contributed by atoms with Gasteiger partial charge in [0.1, 0.15) is 0 Å². The number of carbonyl (C=O) groups is 1. The van der Waals surface area contributed by atoms with E-state index in [1.165, 1.54) is 11.1 Å². The average Bonchev–Trinajstić information content (AvgIpc) is 3.30. The molecule has 1 aliphatic carbocycles. The van der Waals surface area contributed by atoms with Crippen molar-refractivity contribution in [3.05, 3.63) is 65.0 Å². The van der Waals surface area contributed by atoms with Crippen LogP contribution in [0.5, 0.6) is 0 Å². The third-order valence-corrected chi connectivity index (χ3v) is 5.81. The molecule has 3 aromatic rings. The zero-order valence-electron chi connectivity index (χ0n) is 14.3. The number of imidazole rings is 1. The van der Waals surface area contributed by atoms with Gasteiger partial charge in [-0.1, -0.05) is 6.07 Å².